The van der Waals surface area contributed by atoms with E-state index in [9.17, 15) is 0 Å². The van der Waals surface area contributed by atoms with Gasteiger partial charge in [-0.25, -0.2) is 0 Å². The molecule has 1 aliphatic carbocycles. The van der Waals surface area contributed by atoms with Crippen LogP contribution in [0, 0.1) is 0 Å². The van der Waals surface area contributed by atoms with Crippen molar-refractivity contribution in [3.63, 3.8) is 0 Å². The van der Waals surface area contributed by atoms with Crippen LogP contribution in [0.5, 0.6) is 0 Å². The smallest absolute Gasteiger partial charge is 0.230 e. The average molecular weight is 201 g/mol. The van der Waals surface area contributed by atoms with Gasteiger partial charge in [0.05, 0.1) is 11.3 Å². The molecule has 3 rings (SSSR count). The first-order chi connectivity index (χ1) is 7.36. The summed E-state index contributed by atoms with van der Waals surface area (Å²) in [6.45, 7) is 0. The first-order valence-electron chi connectivity index (χ1n) is 5.01. The molecule has 0 radical (unpaired) electrons. The largest absolute Gasteiger partial charge is 0.367 e. The molecule has 1 fully saturated rings. The zero-order valence-corrected chi connectivity index (χ0v) is 8.18. The Morgan fingerprint density at radius 1 is 1.27 bits per heavy atom. The molecule has 2 aromatic heterocycles. The van der Waals surface area contributed by atoms with E-state index < -0.39 is 0 Å². The Kier molecular flexibility index (Phi) is 1.74. The van der Waals surface area contributed by atoms with E-state index >= 15 is 0 Å². The molecule has 2 N–H and O–H groups in total. The van der Waals surface area contributed by atoms with Crippen molar-refractivity contribution < 1.29 is 4.52 Å². The van der Waals surface area contributed by atoms with Crippen LogP contribution in [0.3, 0.4) is 0 Å². The van der Waals surface area contributed by atoms with Crippen molar-refractivity contribution in [1.82, 2.24) is 10.1 Å². The fraction of sp³-hybridized carbons (Fsp3) is 0.273. The topological polar surface area (TPSA) is 64.9 Å². The van der Waals surface area contributed by atoms with Crippen molar-refractivity contribution in [2.75, 3.05) is 5.73 Å². The summed E-state index contributed by atoms with van der Waals surface area (Å²) in [7, 11) is 0. The van der Waals surface area contributed by atoms with Gasteiger partial charge in [-0.05, 0) is 30.5 Å². The molecule has 1 saturated carbocycles. The molecule has 0 amide bonds. The summed E-state index contributed by atoms with van der Waals surface area (Å²) in [6.07, 6.45) is 5.87. The van der Waals surface area contributed by atoms with Gasteiger partial charge in [0.15, 0.2) is 0 Å². The van der Waals surface area contributed by atoms with E-state index in [4.69, 9.17) is 10.3 Å². The predicted molar refractivity (Wildman–Crippen MR) is 56.1 cm³/mol. The maximum absolute atomic E-state index is 5.79. The fourth-order valence-corrected chi connectivity index (χ4v) is 1.76. The molecular weight excluding hydrogens is 190 g/mol. The number of hydrogen-bond acceptors (Lipinski definition) is 4. The van der Waals surface area contributed by atoms with Gasteiger partial charge in [-0.2, -0.15) is 0 Å². The number of nitrogens with zero attached hydrogens (tertiary/aromatic N) is 2. The predicted octanol–water partition coefficient (Wildman–Crippen LogP) is 2.20. The van der Waals surface area contributed by atoms with Crippen LogP contribution in [-0.2, 0) is 0 Å². The number of nitrogen functional groups attached to an aromatic ring is 1. The van der Waals surface area contributed by atoms with E-state index in [0.29, 0.717) is 11.8 Å². The molecule has 2 heterocycles. The molecule has 0 spiro atoms. The Morgan fingerprint density at radius 2 is 2.00 bits per heavy atom. The van der Waals surface area contributed by atoms with Crippen LogP contribution in [0.1, 0.15) is 24.5 Å². The third-order valence-corrected chi connectivity index (χ3v) is 2.68. The van der Waals surface area contributed by atoms with Gasteiger partial charge in [0, 0.05) is 18.3 Å². The van der Waals surface area contributed by atoms with Crippen LogP contribution >= 0.6 is 0 Å². The highest BCUT2D eigenvalue weighted by molar-refractivity contribution is 5.75. The molecule has 0 saturated heterocycles. The van der Waals surface area contributed by atoms with Crippen LogP contribution in [0.15, 0.2) is 29.0 Å². The third-order valence-electron chi connectivity index (χ3n) is 2.68. The number of anilines is 1. The number of pyridine rings is 1. The molecule has 4 nitrogen and oxygen atoms in total. The lowest BCUT2D eigenvalue weighted by molar-refractivity contribution is 0.428. The van der Waals surface area contributed by atoms with Gasteiger partial charge in [-0.3, -0.25) is 4.98 Å². The number of rotatable bonds is 2. The fourth-order valence-electron chi connectivity index (χ4n) is 1.76. The molecule has 0 atom stereocenters. The minimum absolute atomic E-state index is 0.406. The van der Waals surface area contributed by atoms with Crippen molar-refractivity contribution in [3.8, 4) is 11.1 Å². The van der Waals surface area contributed by atoms with Crippen molar-refractivity contribution in [3.05, 3.63) is 30.2 Å². The van der Waals surface area contributed by atoms with E-state index in [0.717, 1.165) is 16.8 Å². The van der Waals surface area contributed by atoms with Crippen LogP contribution in [0.2, 0.25) is 0 Å². The van der Waals surface area contributed by atoms with Crippen LogP contribution in [0.4, 0.5) is 5.88 Å². The molecule has 0 unspecified atom stereocenters. The Bertz CT molecular complexity index is 474. The maximum Gasteiger partial charge on any atom is 0.230 e. The highest BCUT2D eigenvalue weighted by atomic mass is 16.5. The average Bonchev–Trinajstić information content (AvgIpc) is 3.04. The molecule has 2 aromatic rings. The zero-order chi connectivity index (χ0) is 10.3. The van der Waals surface area contributed by atoms with E-state index in [-0.39, 0.29) is 0 Å². The lowest BCUT2D eigenvalue weighted by Gasteiger charge is -1.99. The molecular formula is C11H11N3O. The van der Waals surface area contributed by atoms with Gasteiger partial charge in [0.25, 0.3) is 0 Å². The Morgan fingerprint density at radius 3 is 2.67 bits per heavy atom. The van der Waals surface area contributed by atoms with Gasteiger partial charge < -0.3 is 10.3 Å². The summed E-state index contributed by atoms with van der Waals surface area (Å²) < 4.78 is 5.06. The second-order valence-corrected chi connectivity index (χ2v) is 3.82. The molecule has 1 aliphatic rings. The quantitative estimate of drug-likeness (QED) is 0.808. The monoisotopic (exact) mass is 201 g/mol. The highest BCUT2D eigenvalue weighted by Gasteiger charge is 2.31. The normalized spacial score (nSPS) is 15.5. The minimum atomic E-state index is 0.406. The SMILES string of the molecule is Nc1onc(C2CC2)c1-c1ccncc1. The summed E-state index contributed by atoms with van der Waals surface area (Å²) >= 11 is 0. The second-order valence-electron chi connectivity index (χ2n) is 3.82. The number of aromatic nitrogens is 2. The van der Waals surface area contributed by atoms with Gasteiger partial charge in [0.1, 0.15) is 0 Å². The Labute approximate surface area is 87.1 Å². The van der Waals surface area contributed by atoms with Crippen molar-refractivity contribution in [1.29, 1.82) is 0 Å². The van der Waals surface area contributed by atoms with Gasteiger partial charge in [-0.15, -0.1) is 0 Å². The molecule has 0 aliphatic heterocycles. The lowest BCUT2D eigenvalue weighted by Crippen LogP contribution is -1.89. The zero-order valence-electron chi connectivity index (χ0n) is 8.18. The first kappa shape index (κ1) is 8.47. The molecule has 15 heavy (non-hydrogen) atoms. The maximum atomic E-state index is 5.79. The molecule has 76 valence electrons. The third kappa shape index (κ3) is 1.38. The molecule has 0 aromatic carbocycles. The van der Waals surface area contributed by atoms with Gasteiger partial charge in [-0.1, -0.05) is 5.16 Å². The second kappa shape index (κ2) is 3.08. The van der Waals surface area contributed by atoms with Crippen LogP contribution in [0.25, 0.3) is 11.1 Å². The Hall–Kier alpha value is -1.84. The standard InChI is InChI=1S/C11H11N3O/c12-11-9(7-3-5-13-6-4-7)10(14-15-11)8-1-2-8/h3-6,8H,1-2,12H2. The molecule has 4 heteroatoms. The van der Waals surface area contributed by atoms with Gasteiger partial charge >= 0.3 is 0 Å². The Balaban J connectivity index is 2.13. The lowest BCUT2D eigenvalue weighted by atomic mass is 10.0. The number of nitrogens with two attached hydrogens (primary N) is 1. The van der Waals surface area contributed by atoms with Crippen LogP contribution in [-0.4, -0.2) is 10.1 Å². The summed E-state index contributed by atoms with van der Waals surface area (Å²) in [6, 6.07) is 3.85. The summed E-state index contributed by atoms with van der Waals surface area (Å²) in [5.41, 5.74) is 8.77. The van der Waals surface area contributed by atoms with Crippen molar-refractivity contribution >= 4 is 5.88 Å². The highest BCUT2D eigenvalue weighted by Crippen LogP contribution is 2.45. The first-order valence-corrected chi connectivity index (χ1v) is 5.01. The number of hydrogen-bond donors (Lipinski definition) is 1. The summed E-state index contributed by atoms with van der Waals surface area (Å²) in [5, 5.41) is 4.03. The summed E-state index contributed by atoms with van der Waals surface area (Å²) in [5.74, 6) is 0.942. The van der Waals surface area contributed by atoms with E-state index in [1.54, 1.807) is 12.4 Å². The van der Waals surface area contributed by atoms with Crippen molar-refractivity contribution in [2.24, 2.45) is 0 Å². The van der Waals surface area contributed by atoms with Gasteiger partial charge in [0.2, 0.25) is 5.88 Å². The molecule has 0 bridgehead atoms. The van der Waals surface area contributed by atoms with E-state index in [1.165, 1.54) is 12.8 Å². The van der Waals surface area contributed by atoms with E-state index in [2.05, 4.69) is 10.1 Å². The van der Waals surface area contributed by atoms with Crippen molar-refractivity contribution in [2.45, 2.75) is 18.8 Å². The van der Waals surface area contributed by atoms with E-state index in [1.807, 2.05) is 12.1 Å². The minimum Gasteiger partial charge on any atom is -0.367 e. The summed E-state index contributed by atoms with van der Waals surface area (Å²) in [4.78, 5) is 3.98. The van der Waals surface area contributed by atoms with Crippen LogP contribution < -0.4 is 5.73 Å².